The fourth-order valence-electron chi connectivity index (χ4n) is 1.92. The van der Waals surface area contributed by atoms with Crippen LogP contribution in [0.4, 0.5) is 11.9 Å². The molecule has 0 spiro atoms. The summed E-state index contributed by atoms with van der Waals surface area (Å²) < 4.78 is 10.2. The SMILES string of the molecule is Nc1nc(N)nc(COC(=O)Cc2noc3ccccc23)n1. The summed E-state index contributed by atoms with van der Waals surface area (Å²) in [6.45, 7) is -0.147. The van der Waals surface area contributed by atoms with E-state index in [2.05, 4.69) is 20.1 Å². The number of nitrogens with zero attached hydrogens (tertiary/aromatic N) is 4. The number of benzene rings is 1. The third-order valence-electron chi connectivity index (χ3n) is 2.84. The maximum absolute atomic E-state index is 11.9. The zero-order valence-electron chi connectivity index (χ0n) is 11.4. The monoisotopic (exact) mass is 300 g/mol. The summed E-state index contributed by atoms with van der Waals surface area (Å²) in [6.07, 6.45) is -0.0208. The number of ether oxygens (including phenoxy) is 1. The molecule has 2 heterocycles. The molecule has 22 heavy (non-hydrogen) atoms. The smallest absolute Gasteiger partial charge is 0.312 e. The molecule has 0 saturated heterocycles. The molecule has 0 amide bonds. The van der Waals surface area contributed by atoms with Gasteiger partial charge in [-0.2, -0.15) is 15.0 Å². The van der Waals surface area contributed by atoms with E-state index < -0.39 is 5.97 Å². The second-order valence-electron chi connectivity index (χ2n) is 4.43. The highest BCUT2D eigenvalue weighted by molar-refractivity contribution is 5.84. The maximum atomic E-state index is 11.9. The Kier molecular flexibility index (Phi) is 3.52. The van der Waals surface area contributed by atoms with E-state index in [1.807, 2.05) is 18.2 Å². The molecular formula is C13H12N6O3. The first kappa shape index (κ1) is 13.7. The number of nitrogen functional groups attached to an aromatic ring is 2. The van der Waals surface area contributed by atoms with Gasteiger partial charge < -0.3 is 20.7 Å². The highest BCUT2D eigenvalue weighted by Gasteiger charge is 2.14. The molecular weight excluding hydrogens is 288 g/mol. The lowest BCUT2D eigenvalue weighted by atomic mass is 10.2. The Morgan fingerprint density at radius 2 is 1.86 bits per heavy atom. The molecule has 0 radical (unpaired) electrons. The van der Waals surface area contributed by atoms with E-state index >= 15 is 0 Å². The summed E-state index contributed by atoms with van der Waals surface area (Å²) in [6, 6.07) is 7.26. The number of para-hydroxylation sites is 1. The van der Waals surface area contributed by atoms with Crippen LogP contribution in [-0.2, 0) is 22.6 Å². The fourth-order valence-corrected chi connectivity index (χ4v) is 1.92. The van der Waals surface area contributed by atoms with E-state index in [0.717, 1.165) is 5.39 Å². The lowest BCUT2D eigenvalue weighted by Gasteiger charge is -2.03. The van der Waals surface area contributed by atoms with Gasteiger partial charge in [0.05, 0.1) is 6.42 Å². The number of carbonyl (C=O) groups excluding carboxylic acids is 1. The molecule has 3 aromatic rings. The lowest BCUT2D eigenvalue weighted by molar-refractivity contribution is -0.144. The predicted octanol–water partition coefficient (Wildman–Crippen LogP) is 0.463. The van der Waals surface area contributed by atoms with E-state index in [4.69, 9.17) is 20.7 Å². The zero-order valence-corrected chi connectivity index (χ0v) is 11.4. The van der Waals surface area contributed by atoms with Crippen molar-refractivity contribution in [2.24, 2.45) is 0 Å². The molecule has 3 rings (SSSR count). The second kappa shape index (κ2) is 5.64. The van der Waals surface area contributed by atoms with Crippen LogP contribution in [0.3, 0.4) is 0 Å². The Bertz CT molecular complexity index is 811. The van der Waals surface area contributed by atoms with Crippen LogP contribution in [0, 0.1) is 0 Å². The van der Waals surface area contributed by atoms with Crippen LogP contribution in [0.25, 0.3) is 11.0 Å². The van der Waals surface area contributed by atoms with Crippen molar-refractivity contribution in [3.63, 3.8) is 0 Å². The minimum absolute atomic E-state index is 0.0208. The summed E-state index contributed by atoms with van der Waals surface area (Å²) in [4.78, 5) is 23.1. The molecule has 112 valence electrons. The van der Waals surface area contributed by atoms with E-state index in [1.54, 1.807) is 6.07 Å². The molecule has 0 aliphatic heterocycles. The number of carbonyl (C=O) groups is 1. The van der Waals surface area contributed by atoms with Crippen molar-refractivity contribution in [2.45, 2.75) is 13.0 Å². The molecule has 0 fully saturated rings. The van der Waals surface area contributed by atoms with Crippen LogP contribution in [0.15, 0.2) is 28.8 Å². The number of aromatic nitrogens is 4. The van der Waals surface area contributed by atoms with E-state index in [9.17, 15) is 4.79 Å². The average molecular weight is 300 g/mol. The first-order valence-electron chi connectivity index (χ1n) is 6.36. The fraction of sp³-hybridized carbons (Fsp3) is 0.154. The van der Waals surface area contributed by atoms with Gasteiger partial charge in [-0.25, -0.2) is 0 Å². The van der Waals surface area contributed by atoms with Gasteiger partial charge in [-0.3, -0.25) is 4.79 Å². The Balaban J connectivity index is 1.65. The van der Waals surface area contributed by atoms with Gasteiger partial charge in [-0.05, 0) is 12.1 Å². The predicted molar refractivity (Wildman–Crippen MR) is 76.2 cm³/mol. The van der Waals surface area contributed by atoms with Gasteiger partial charge in [0.1, 0.15) is 5.69 Å². The van der Waals surface area contributed by atoms with E-state index in [0.29, 0.717) is 11.3 Å². The van der Waals surface area contributed by atoms with Gasteiger partial charge in [0.15, 0.2) is 18.0 Å². The lowest BCUT2D eigenvalue weighted by Crippen LogP contribution is -2.12. The van der Waals surface area contributed by atoms with Gasteiger partial charge >= 0.3 is 5.97 Å². The maximum Gasteiger partial charge on any atom is 0.312 e. The molecule has 0 aliphatic carbocycles. The van der Waals surface area contributed by atoms with Crippen LogP contribution in [0.1, 0.15) is 11.5 Å². The Labute approximate surface area is 124 Å². The molecule has 0 saturated carbocycles. The average Bonchev–Trinajstić information content (AvgIpc) is 2.88. The molecule has 9 nitrogen and oxygen atoms in total. The van der Waals surface area contributed by atoms with E-state index in [-0.39, 0.29) is 30.7 Å². The summed E-state index contributed by atoms with van der Waals surface area (Å²) in [7, 11) is 0. The molecule has 9 heteroatoms. The number of esters is 1. The van der Waals surface area contributed by atoms with Crippen molar-refractivity contribution in [1.82, 2.24) is 20.1 Å². The number of nitrogens with two attached hydrogens (primary N) is 2. The largest absolute Gasteiger partial charge is 0.457 e. The zero-order chi connectivity index (χ0) is 15.5. The van der Waals surface area contributed by atoms with Crippen molar-refractivity contribution in [2.75, 3.05) is 11.5 Å². The van der Waals surface area contributed by atoms with Crippen LogP contribution < -0.4 is 11.5 Å². The summed E-state index contributed by atoms with van der Waals surface area (Å²) in [5.74, 6) is -0.359. The minimum atomic E-state index is -0.489. The molecule has 0 aliphatic rings. The Hall–Kier alpha value is -3.23. The summed E-state index contributed by atoms with van der Waals surface area (Å²) in [5.41, 5.74) is 12.0. The Morgan fingerprint density at radius 1 is 1.14 bits per heavy atom. The van der Waals surface area contributed by atoms with Crippen LogP contribution >= 0.6 is 0 Å². The van der Waals surface area contributed by atoms with E-state index in [1.165, 1.54) is 0 Å². The van der Waals surface area contributed by atoms with Crippen molar-refractivity contribution >= 4 is 28.8 Å². The third-order valence-corrected chi connectivity index (χ3v) is 2.84. The van der Waals surface area contributed by atoms with Gasteiger partial charge in [0.2, 0.25) is 11.9 Å². The molecule has 0 bridgehead atoms. The van der Waals surface area contributed by atoms with Crippen molar-refractivity contribution in [3.8, 4) is 0 Å². The number of hydrogen-bond donors (Lipinski definition) is 2. The third kappa shape index (κ3) is 2.92. The van der Waals surface area contributed by atoms with Gasteiger partial charge in [-0.15, -0.1) is 0 Å². The first-order valence-corrected chi connectivity index (χ1v) is 6.36. The van der Waals surface area contributed by atoms with Crippen LogP contribution in [0.5, 0.6) is 0 Å². The number of fused-ring (bicyclic) bond motifs is 1. The van der Waals surface area contributed by atoms with Crippen LogP contribution in [-0.4, -0.2) is 26.1 Å². The normalized spacial score (nSPS) is 10.7. The first-order chi connectivity index (χ1) is 10.6. The topological polar surface area (TPSA) is 143 Å². The van der Waals surface area contributed by atoms with Crippen molar-refractivity contribution in [3.05, 3.63) is 35.8 Å². The molecule has 0 atom stereocenters. The molecule has 2 aromatic heterocycles. The molecule has 0 unspecified atom stereocenters. The van der Waals surface area contributed by atoms with Gasteiger partial charge in [0, 0.05) is 5.39 Å². The van der Waals surface area contributed by atoms with Crippen molar-refractivity contribution in [1.29, 1.82) is 0 Å². The highest BCUT2D eigenvalue weighted by atomic mass is 16.5. The molecule has 4 N–H and O–H groups in total. The summed E-state index contributed by atoms with van der Waals surface area (Å²) >= 11 is 0. The van der Waals surface area contributed by atoms with Crippen molar-refractivity contribution < 1.29 is 14.1 Å². The minimum Gasteiger partial charge on any atom is -0.457 e. The van der Waals surface area contributed by atoms with Gasteiger partial charge in [-0.1, -0.05) is 17.3 Å². The standard InChI is InChI=1S/C13H12N6O3/c14-12-16-10(17-13(15)18-12)6-21-11(20)5-8-7-3-1-2-4-9(7)22-19-8/h1-4H,5-6H2,(H4,14,15,16,17,18). The Morgan fingerprint density at radius 3 is 2.64 bits per heavy atom. The number of anilines is 2. The summed E-state index contributed by atoms with van der Waals surface area (Å²) in [5, 5.41) is 4.63. The number of hydrogen-bond acceptors (Lipinski definition) is 9. The quantitative estimate of drug-likeness (QED) is 0.656. The number of rotatable bonds is 4. The second-order valence-corrected chi connectivity index (χ2v) is 4.43. The highest BCUT2D eigenvalue weighted by Crippen LogP contribution is 2.18. The van der Waals surface area contributed by atoms with Crippen LogP contribution in [0.2, 0.25) is 0 Å². The van der Waals surface area contributed by atoms with Gasteiger partial charge in [0.25, 0.3) is 0 Å². The molecule has 1 aromatic carbocycles.